The molecular weight excluding hydrogens is 414 g/mol. The summed E-state index contributed by atoms with van der Waals surface area (Å²) in [6.45, 7) is 0. The van der Waals surface area contributed by atoms with Crippen LogP contribution in [0, 0.1) is 0 Å². The predicted molar refractivity (Wildman–Crippen MR) is 122 cm³/mol. The van der Waals surface area contributed by atoms with Crippen LogP contribution in [0.1, 0.15) is 50.3 Å². The maximum absolute atomic E-state index is 12.8. The van der Waals surface area contributed by atoms with Crippen LogP contribution in [0.15, 0.2) is 64.7 Å². The zero-order valence-electron chi connectivity index (χ0n) is 16.3. The summed E-state index contributed by atoms with van der Waals surface area (Å²) in [7, 11) is 0. The highest BCUT2D eigenvalue weighted by molar-refractivity contribution is 7.16. The van der Waals surface area contributed by atoms with Gasteiger partial charge in [-0.25, -0.2) is 4.98 Å². The van der Waals surface area contributed by atoms with Gasteiger partial charge in [-0.15, -0.1) is 22.7 Å². The summed E-state index contributed by atoms with van der Waals surface area (Å²) in [5.74, 6) is 0.912. The molecule has 7 heteroatoms. The Labute approximate surface area is 182 Å². The molecule has 0 saturated heterocycles. The number of pyridine rings is 1. The zero-order chi connectivity index (χ0) is 20.3. The van der Waals surface area contributed by atoms with Gasteiger partial charge in [0, 0.05) is 21.5 Å². The minimum atomic E-state index is -0.220. The van der Waals surface area contributed by atoms with Crippen LogP contribution in [-0.2, 0) is 12.8 Å². The van der Waals surface area contributed by atoms with Gasteiger partial charge in [0.2, 0.25) is 0 Å². The lowest BCUT2D eigenvalue weighted by Crippen LogP contribution is -2.18. The second-order valence-electron chi connectivity index (χ2n) is 7.19. The molecule has 5 rings (SSSR count). The normalized spacial score (nSPS) is 14.1. The highest BCUT2D eigenvalue weighted by Gasteiger charge is 2.29. The summed E-state index contributed by atoms with van der Waals surface area (Å²) >= 11 is 3.40. The molecule has 0 fully saturated rings. The van der Waals surface area contributed by atoms with Gasteiger partial charge in [0.15, 0.2) is 5.76 Å². The van der Waals surface area contributed by atoms with Crippen molar-refractivity contribution in [3.8, 4) is 0 Å². The first kappa shape index (κ1) is 19.1. The second kappa shape index (κ2) is 8.45. The molecule has 152 valence electrons. The third-order valence-electron chi connectivity index (χ3n) is 5.26. The molecule has 4 aromatic rings. The van der Waals surface area contributed by atoms with Crippen molar-refractivity contribution in [2.24, 2.45) is 0 Å². The Hall–Kier alpha value is -2.90. The molecule has 1 aliphatic carbocycles. The molecule has 1 aliphatic rings. The minimum absolute atomic E-state index is 0.0788. The van der Waals surface area contributed by atoms with Crippen LogP contribution < -0.4 is 10.6 Å². The molecule has 4 aromatic heterocycles. The van der Waals surface area contributed by atoms with E-state index in [0.717, 1.165) is 29.2 Å². The van der Waals surface area contributed by atoms with Crippen molar-refractivity contribution in [3.63, 3.8) is 0 Å². The fourth-order valence-electron chi connectivity index (χ4n) is 3.90. The standard InChI is InChI=1S/C23H21N3O2S2/c27-22(16-8-5-13-28-16)26-23-20(15-7-1-2-9-17(15)30-23)21(18-10-6-14-29-18)25-19-11-3-4-12-24-19/h3-6,8,10-14,21H,1-2,7,9H2,(H,24,25)(H,26,27). The Bertz CT molecular complexity index is 1120. The third kappa shape index (κ3) is 3.78. The molecule has 2 N–H and O–H groups in total. The maximum atomic E-state index is 12.8. The largest absolute Gasteiger partial charge is 0.459 e. The van der Waals surface area contributed by atoms with E-state index in [1.807, 2.05) is 18.2 Å². The SMILES string of the molecule is O=C(Nc1sc2c(c1C(Nc1ccccn1)c1cccs1)CCCC2)c1ccco1. The fourth-order valence-corrected chi connectivity index (χ4v) is 6.01. The molecule has 5 nitrogen and oxygen atoms in total. The van der Waals surface area contributed by atoms with Crippen LogP contribution in [0.4, 0.5) is 10.8 Å². The van der Waals surface area contributed by atoms with E-state index in [4.69, 9.17) is 4.42 Å². The van der Waals surface area contributed by atoms with Crippen molar-refractivity contribution in [3.05, 3.63) is 86.9 Å². The molecule has 4 heterocycles. The molecule has 1 unspecified atom stereocenters. The molecule has 0 aromatic carbocycles. The van der Waals surface area contributed by atoms with Crippen molar-refractivity contribution >= 4 is 39.4 Å². The number of nitrogens with zero attached hydrogens (tertiary/aromatic N) is 1. The van der Waals surface area contributed by atoms with E-state index < -0.39 is 0 Å². The average molecular weight is 436 g/mol. The van der Waals surface area contributed by atoms with Crippen molar-refractivity contribution in [1.82, 2.24) is 4.98 Å². The van der Waals surface area contributed by atoms with Crippen molar-refractivity contribution < 1.29 is 9.21 Å². The molecule has 0 radical (unpaired) electrons. The van der Waals surface area contributed by atoms with E-state index in [0.29, 0.717) is 5.76 Å². The first-order valence-corrected chi connectivity index (χ1v) is 11.7. The van der Waals surface area contributed by atoms with Gasteiger partial charge in [-0.3, -0.25) is 4.79 Å². The highest BCUT2D eigenvalue weighted by atomic mass is 32.1. The zero-order valence-corrected chi connectivity index (χ0v) is 17.9. The summed E-state index contributed by atoms with van der Waals surface area (Å²) in [5.41, 5.74) is 2.52. The van der Waals surface area contributed by atoms with Crippen molar-refractivity contribution in [2.75, 3.05) is 10.6 Å². The van der Waals surface area contributed by atoms with Gasteiger partial charge in [-0.2, -0.15) is 0 Å². The number of thiophene rings is 2. The monoisotopic (exact) mass is 435 g/mol. The number of fused-ring (bicyclic) bond motifs is 1. The molecular formula is C23H21N3O2S2. The molecule has 30 heavy (non-hydrogen) atoms. The van der Waals surface area contributed by atoms with E-state index in [9.17, 15) is 4.79 Å². The smallest absolute Gasteiger partial charge is 0.291 e. The van der Waals surface area contributed by atoms with Gasteiger partial charge in [0.05, 0.1) is 12.3 Å². The third-order valence-corrected chi connectivity index (χ3v) is 7.42. The molecule has 0 aliphatic heterocycles. The summed E-state index contributed by atoms with van der Waals surface area (Å²) in [6, 6.07) is 13.4. The van der Waals surface area contributed by atoms with E-state index in [2.05, 4.69) is 33.1 Å². The molecule has 0 saturated carbocycles. The highest BCUT2D eigenvalue weighted by Crippen LogP contribution is 2.45. The van der Waals surface area contributed by atoms with Crippen molar-refractivity contribution in [1.29, 1.82) is 0 Å². The molecule has 0 bridgehead atoms. The average Bonchev–Trinajstić information content (AvgIpc) is 3.54. The summed E-state index contributed by atoms with van der Waals surface area (Å²) in [6.07, 6.45) is 7.76. The number of nitrogens with one attached hydrogen (secondary N) is 2. The number of carbonyl (C=O) groups excluding carboxylic acids is 1. The topological polar surface area (TPSA) is 67.2 Å². The van der Waals surface area contributed by atoms with Gasteiger partial charge in [0.1, 0.15) is 10.8 Å². The second-order valence-corrected chi connectivity index (χ2v) is 9.28. The van der Waals surface area contributed by atoms with Crippen LogP contribution in [0.25, 0.3) is 0 Å². The van der Waals surface area contributed by atoms with E-state index in [1.54, 1.807) is 41.0 Å². The van der Waals surface area contributed by atoms with Crippen molar-refractivity contribution in [2.45, 2.75) is 31.7 Å². The van der Waals surface area contributed by atoms with Crippen LogP contribution in [0.5, 0.6) is 0 Å². The van der Waals surface area contributed by atoms with Crippen LogP contribution in [-0.4, -0.2) is 10.9 Å². The minimum Gasteiger partial charge on any atom is -0.459 e. The fraction of sp³-hybridized carbons (Fsp3) is 0.217. The lowest BCUT2D eigenvalue weighted by Gasteiger charge is -2.22. The number of furan rings is 1. The Morgan fingerprint density at radius 3 is 2.80 bits per heavy atom. The summed E-state index contributed by atoms with van der Waals surface area (Å²) in [5, 5.41) is 9.72. The van der Waals surface area contributed by atoms with Crippen LogP contribution in [0.2, 0.25) is 0 Å². The number of hydrogen-bond acceptors (Lipinski definition) is 6. The van der Waals surface area contributed by atoms with Gasteiger partial charge in [0.25, 0.3) is 5.91 Å². The molecule has 1 atom stereocenters. The molecule has 0 spiro atoms. The van der Waals surface area contributed by atoms with Gasteiger partial charge in [-0.05, 0) is 67.0 Å². The van der Waals surface area contributed by atoms with Gasteiger partial charge >= 0.3 is 0 Å². The van der Waals surface area contributed by atoms with Crippen LogP contribution in [0.3, 0.4) is 0 Å². The number of anilines is 2. The summed E-state index contributed by atoms with van der Waals surface area (Å²) in [4.78, 5) is 19.8. The number of carbonyl (C=O) groups is 1. The lowest BCUT2D eigenvalue weighted by atomic mass is 9.91. The number of amides is 1. The first-order chi connectivity index (χ1) is 14.8. The Morgan fingerprint density at radius 1 is 1.10 bits per heavy atom. The number of rotatable bonds is 6. The number of aryl methyl sites for hydroxylation is 1. The Kier molecular flexibility index (Phi) is 5.38. The van der Waals surface area contributed by atoms with E-state index in [1.165, 1.54) is 34.4 Å². The molecule has 1 amide bonds. The Morgan fingerprint density at radius 2 is 2.03 bits per heavy atom. The lowest BCUT2D eigenvalue weighted by molar-refractivity contribution is 0.0997. The number of hydrogen-bond donors (Lipinski definition) is 2. The Balaban J connectivity index is 1.58. The van der Waals surface area contributed by atoms with Crippen LogP contribution >= 0.6 is 22.7 Å². The van der Waals surface area contributed by atoms with E-state index >= 15 is 0 Å². The van der Waals surface area contributed by atoms with E-state index in [-0.39, 0.29) is 11.9 Å². The summed E-state index contributed by atoms with van der Waals surface area (Å²) < 4.78 is 5.31. The maximum Gasteiger partial charge on any atom is 0.291 e. The quantitative estimate of drug-likeness (QED) is 0.382. The first-order valence-electron chi connectivity index (χ1n) is 10.00. The van der Waals surface area contributed by atoms with Gasteiger partial charge < -0.3 is 15.1 Å². The van der Waals surface area contributed by atoms with Gasteiger partial charge in [-0.1, -0.05) is 12.1 Å². The predicted octanol–water partition coefficient (Wildman–Crippen LogP) is 6.13. The number of aromatic nitrogens is 1.